The van der Waals surface area contributed by atoms with Crippen molar-refractivity contribution in [2.75, 3.05) is 6.61 Å². The largest absolute Gasteiger partial charge is 0.492 e. The zero-order valence-corrected chi connectivity index (χ0v) is 13.4. The SMILES string of the molecule is CCCOc1c(Cl)cc(CC(N)CC)c2c1CCCC2. The van der Waals surface area contributed by atoms with Crippen LogP contribution in [0.5, 0.6) is 5.75 Å². The predicted molar refractivity (Wildman–Crippen MR) is 85.9 cm³/mol. The Morgan fingerprint density at radius 2 is 1.95 bits per heavy atom. The van der Waals surface area contributed by atoms with E-state index >= 15 is 0 Å². The van der Waals surface area contributed by atoms with Gasteiger partial charge in [0, 0.05) is 6.04 Å². The Morgan fingerprint density at radius 1 is 1.25 bits per heavy atom. The molecule has 0 heterocycles. The number of hydrogen-bond acceptors (Lipinski definition) is 2. The van der Waals surface area contributed by atoms with E-state index in [1.54, 1.807) is 0 Å². The molecule has 0 saturated heterocycles. The Morgan fingerprint density at radius 3 is 2.60 bits per heavy atom. The third-order valence-corrected chi connectivity index (χ3v) is 4.39. The highest BCUT2D eigenvalue weighted by Crippen LogP contribution is 2.38. The molecule has 1 aromatic rings. The molecule has 0 spiro atoms. The van der Waals surface area contributed by atoms with Gasteiger partial charge < -0.3 is 10.5 Å². The van der Waals surface area contributed by atoms with E-state index in [4.69, 9.17) is 22.1 Å². The lowest BCUT2D eigenvalue weighted by atomic mass is 9.85. The second-order valence-corrected chi connectivity index (χ2v) is 6.14. The summed E-state index contributed by atoms with van der Waals surface area (Å²) in [7, 11) is 0. The quantitative estimate of drug-likeness (QED) is 0.850. The molecular formula is C17H26ClNO. The zero-order valence-electron chi connectivity index (χ0n) is 12.7. The molecule has 2 nitrogen and oxygen atoms in total. The molecule has 0 fully saturated rings. The Hall–Kier alpha value is -0.730. The first kappa shape index (κ1) is 15.7. The third-order valence-electron chi connectivity index (χ3n) is 4.10. The minimum Gasteiger partial charge on any atom is -0.492 e. The minimum atomic E-state index is 0.222. The number of benzene rings is 1. The Bertz CT molecular complexity index is 459. The van der Waals surface area contributed by atoms with E-state index in [2.05, 4.69) is 19.9 Å². The second kappa shape index (κ2) is 7.33. The lowest BCUT2D eigenvalue weighted by Crippen LogP contribution is -2.23. The Balaban J connectivity index is 2.37. The summed E-state index contributed by atoms with van der Waals surface area (Å²) < 4.78 is 5.91. The molecule has 0 radical (unpaired) electrons. The van der Waals surface area contributed by atoms with Crippen LogP contribution in [-0.4, -0.2) is 12.6 Å². The number of halogens is 1. The molecule has 1 aliphatic carbocycles. The van der Waals surface area contributed by atoms with Crippen LogP contribution in [0.25, 0.3) is 0 Å². The van der Waals surface area contributed by atoms with Gasteiger partial charge in [-0.2, -0.15) is 0 Å². The van der Waals surface area contributed by atoms with Crippen LogP contribution in [0.1, 0.15) is 56.2 Å². The summed E-state index contributed by atoms with van der Waals surface area (Å²) >= 11 is 6.46. The summed E-state index contributed by atoms with van der Waals surface area (Å²) in [6, 6.07) is 2.31. The number of rotatable bonds is 6. The van der Waals surface area contributed by atoms with Crippen molar-refractivity contribution in [1.29, 1.82) is 0 Å². The zero-order chi connectivity index (χ0) is 14.5. The molecule has 1 unspecified atom stereocenters. The van der Waals surface area contributed by atoms with Crippen LogP contribution in [0.15, 0.2) is 6.07 Å². The molecule has 1 aliphatic rings. The molecule has 112 valence electrons. The van der Waals surface area contributed by atoms with Crippen LogP contribution in [0, 0.1) is 0 Å². The van der Waals surface area contributed by atoms with Crippen molar-refractivity contribution in [1.82, 2.24) is 0 Å². The van der Waals surface area contributed by atoms with Crippen molar-refractivity contribution in [3.8, 4) is 5.75 Å². The molecule has 1 atom stereocenters. The van der Waals surface area contributed by atoms with Crippen molar-refractivity contribution >= 4 is 11.6 Å². The van der Waals surface area contributed by atoms with Crippen LogP contribution in [0.3, 0.4) is 0 Å². The van der Waals surface area contributed by atoms with E-state index in [0.29, 0.717) is 0 Å². The normalized spacial score (nSPS) is 15.8. The van der Waals surface area contributed by atoms with Crippen LogP contribution in [0.2, 0.25) is 5.02 Å². The molecule has 1 aromatic carbocycles. The highest BCUT2D eigenvalue weighted by atomic mass is 35.5. The number of hydrogen-bond donors (Lipinski definition) is 1. The molecule has 0 amide bonds. The van der Waals surface area contributed by atoms with E-state index < -0.39 is 0 Å². The molecule has 0 bridgehead atoms. The van der Waals surface area contributed by atoms with Gasteiger partial charge in [0.2, 0.25) is 0 Å². The van der Waals surface area contributed by atoms with Gasteiger partial charge >= 0.3 is 0 Å². The van der Waals surface area contributed by atoms with Crippen molar-refractivity contribution in [3.05, 3.63) is 27.8 Å². The van der Waals surface area contributed by atoms with Gasteiger partial charge in [-0.1, -0.05) is 25.4 Å². The number of ether oxygens (including phenoxy) is 1. The van der Waals surface area contributed by atoms with Crippen LogP contribution < -0.4 is 10.5 Å². The van der Waals surface area contributed by atoms with E-state index in [9.17, 15) is 0 Å². The Labute approximate surface area is 127 Å². The average molecular weight is 296 g/mol. The third kappa shape index (κ3) is 3.48. The first-order valence-corrected chi connectivity index (χ1v) is 8.26. The number of nitrogens with two attached hydrogens (primary N) is 1. The summed E-state index contributed by atoms with van der Waals surface area (Å²) in [4.78, 5) is 0. The summed E-state index contributed by atoms with van der Waals surface area (Å²) in [6.45, 7) is 4.99. The van der Waals surface area contributed by atoms with Gasteiger partial charge in [0.15, 0.2) is 0 Å². The van der Waals surface area contributed by atoms with Crippen molar-refractivity contribution in [2.24, 2.45) is 5.73 Å². The predicted octanol–water partition coefficient (Wildman–Crippen LogP) is 4.29. The maximum Gasteiger partial charge on any atom is 0.141 e. The van der Waals surface area contributed by atoms with E-state index in [-0.39, 0.29) is 6.04 Å². The van der Waals surface area contributed by atoms with Gasteiger partial charge in [-0.3, -0.25) is 0 Å². The van der Waals surface area contributed by atoms with Crippen molar-refractivity contribution in [2.45, 2.75) is 64.8 Å². The highest BCUT2D eigenvalue weighted by molar-refractivity contribution is 6.32. The topological polar surface area (TPSA) is 35.2 Å². The van der Waals surface area contributed by atoms with Gasteiger partial charge in [0.1, 0.15) is 5.75 Å². The molecule has 20 heavy (non-hydrogen) atoms. The fourth-order valence-electron chi connectivity index (χ4n) is 2.93. The first-order chi connectivity index (χ1) is 9.67. The standard InChI is InChI=1S/C17H26ClNO/c1-3-9-20-17-15-8-6-5-7-14(15)12(11-16(17)18)10-13(19)4-2/h11,13H,3-10,19H2,1-2H3. The summed E-state index contributed by atoms with van der Waals surface area (Å²) in [6.07, 6.45) is 7.65. The fourth-order valence-corrected chi connectivity index (χ4v) is 3.23. The van der Waals surface area contributed by atoms with Crippen LogP contribution in [0.4, 0.5) is 0 Å². The molecule has 0 aliphatic heterocycles. The van der Waals surface area contributed by atoms with E-state index in [1.165, 1.54) is 29.5 Å². The fraction of sp³-hybridized carbons (Fsp3) is 0.647. The highest BCUT2D eigenvalue weighted by Gasteiger charge is 2.21. The van der Waals surface area contributed by atoms with Gasteiger partial charge in [0.25, 0.3) is 0 Å². The molecular weight excluding hydrogens is 270 g/mol. The van der Waals surface area contributed by atoms with Gasteiger partial charge in [0.05, 0.1) is 11.6 Å². The molecule has 2 rings (SSSR count). The maximum absolute atomic E-state index is 6.46. The summed E-state index contributed by atoms with van der Waals surface area (Å²) in [5.41, 5.74) is 10.3. The monoisotopic (exact) mass is 295 g/mol. The van der Waals surface area contributed by atoms with Crippen LogP contribution >= 0.6 is 11.6 Å². The lowest BCUT2D eigenvalue weighted by Gasteiger charge is -2.25. The first-order valence-electron chi connectivity index (χ1n) is 7.88. The minimum absolute atomic E-state index is 0.222. The average Bonchev–Trinajstić information content (AvgIpc) is 2.46. The molecule has 2 N–H and O–H groups in total. The Kier molecular flexibility index (Phi) is 5.74. The summed E-state index contributed by atoms with van der Waals surface area (Å²) in [5.74, 6) is 0.928. The second-order valence-electron chi connectivity index (χ2n) is 5.73. The maximum atomic E-state index is 6.46. The molecule has 3 heteroatoms. The summed E-state index contributed by atoms with van der Waals surface area (Å²) in [5, 5.41) is 0.761. The van der Waals surface area contributed by atoms with Crippen molar-refractivity contribution < 1.29 is 4.74 Å². The van der Waals surface area contributed by atoms with Gasteiger partial charge in [-0.05, 0) is 67.7 Å². The van der Waals surface area contributed by atoms with E-state index in [0.717, 1.165) is 49.5 Å². The van der Waals surface area contributed by atoms with Gasteiger partial charge in [-0.15, -0.1) is 0 Å². The molecule has 0 aromatic heterocycles. The smallest absolute Gasteiger partial charge is 0.141 e. The molecule has 0 saturated carbocycles. The van der Waals surface area contributed by atoms with Crippen molar-refractivity contribution in [3.63, 3.8) is 0 Å². The lowest BCUT2D eigenvalue weighted by molar-refractivity contribution is 0.312. The van der Waals surface area contributed by atoms with Crippen LogP contribution in [-0.2, 0) is 19.3 Å². The number of fused-ring (bicyclic) bond motifs is 1. The van der Waals surface area contributed by atoms with Gasteiger partial charge in [-0.25, -0.2) is 0 Å². The van der Waals surface area contributed by atoms with E-state index in [1.807, 2.05) is 0 Å².